The number of nitrogens with one attached hydrogen (secondary N) is 4. The average Bonchev–Trinajstić information content (AvgIpc) is 2.99. The van der Waals surface area contributed by atoms with E-state index >= 15 is 0 Å². The predicted octanol–water partition coefficient (Wildman–Crippen LogP) is -2.09. The van der Waals surface area contributed by atoms with Crippen molar-refractivity contribution < 1.29 is 53.9 Å². The summed E-state index contributed by atoms with van der Waals surface area (Å²) >= 11 is 2.09. The molecule has 0 aliphatic carbocycles. The lowest BCUT2D eigenvalue weighted by Gasteiger charge is -2.27. The zero-order chi connectivity index (χ0) is 33.9. The first kappa shape index (κ1) is 41.6. The number of aliphatic hydroxyl groups excluding tert-OH is 4. The van der Waals surface area contributed by atoms with E-state index in [0.29, 0.717) is 5.75 Å². The van der Waals surface area contributed by atoms with Crippen LogP contribution in [0.3, 0.4) is 0 Å². The Balaban J connectivity index is 4.43. The SMILES string of the molecule is COC(=O)CC(SCCNC(=O)CCNC(=O)C(O)C(C)(C)CO)C(=O)SCCNC(=O)CCNC(=O)C(O)C(C)(C)CO. The smallest absolute Gasteiger partial charge is 0.307 e. The Morgan fingerprint density at radius 3 is 1.55 bits per heavy atom. The molecule has 15 nitrogen and oxygen atoms in total. The Morgan fingerprint density at radius 2 is 1.14 bits per heavy atom. The van der Waals surface area contributed by atoms with Crippen LogP contribution < -0.4 is 21.3 Å². The summed E-state index contributed by atoms with van der Waals surface area (Å²) in [7, 11) is 1.21. The largest absolute Gasteiger partial charge is 0.469 e. The van der Waals surface area contributed by atoms with Crippen LogP contribution >= 0.6 is 23.5 Å². The number of carbonyl (C=O) groups is 6. The Labute approximate surface area is 266 Å². The molecule has 3 unspecified atom stereocenters. The molecule has 0 aromatic heterocycles. The van der Waals surface area contributed by atoms with Crippen molar-refractivity contribution in [3.63, 3.8) is 0 Å². The number of ether oxygens (including phenoxy) is 1. The first-order valence-corrected chi connectivity index (χ1v) is 16.1. The van der Waals surface area contributed by atoms with E-state index in [4.69, 9.17) is 0 Å². The van der Waals surface area contributed by atoms with Gasteiger partial charge in [-0.3, -0.25) is 28.8 Å². The van der Waals surface area contributed by atoms with E-state index < -0.39 is 59.3 Å². The molecular formula is C27H48N4O11S2. The average molecular weight is 669 g/mol. The molecular weight excluding hydrogens is 620 g/mol. The van der Waals surface area contributed by atoms with Gasteiger partial charge in [0.1, 0.15) is 12.2 Å². The molecule has 254 valence electrons. The van der Waals surface area contributed by atoms with Crippen LogP contribution in [0.4, 0.5) is 0 Å². The molecule has 0 spiro atoms. The second-order valence-electron chi connectivity index (χ2n) is 11.2. The molecule has 0 fully saturated rings. The van der Waals surface area contributed by atoms with Crippen molar-refractivity contribution >= 4 is 58.2 Å². The van der Waals surface area contributed by atoms with Gasteiger partial charge in [-0.2, -0.15) is 0 Å². The number of amides is 4. The summed E-state index contributed by atoms with van der Waals surface area (Å²) in [4.78, 5) is 72.5. The summed E-state index contributed by atoms with van der Waals surface area (Å²) < 4.78 is 4.67. The fourth-order valence-corrected chi connectivity index (χ4v) is 5.10. The van der Waals surface area contributed by atoms with E-state index in [0.717, 1.165) is 23.5 Å². The van der Waals surface area contributed by atoms with Gasteiger partial charge in [0, 0.05) is 61.4 Å². The van der Waals surface area contributed by atoms with Crippen molar-refractivity contribution in [3.05, 3.63) is 0 Å². The van der Waals surface area contributed by atoms with Crippen LogP contribution in [-0.2, 0) is 33.5 Å². The molecule has 0 aromatic carbocycles. The van der Waals surface area contributed by atoms with Crippen molar-refractivity contribution in [1.29, 1.82) is 0 Å². The highest BCUT2D eigenvalue weighted by atomic mass is 32.2. The highest BCUT2D eigenvalue weighted by Gasteiger charge is 2.33. The molecule has 3 atom stereocenters. The number of hydrogen-bond donors (Lipinski definition) is 8. The zero-order valence-corrected chi connectivity index (χ0v) is 27.6. The third-order valence-electron chi connectivity index (χ3n) is 6.35. The zero-order valence-electron chi connectivity index (χ0n) is 26.0. The highest BCUT2D eigenvalue weighted by molar-refractivity contribution is 8.16. The minimum Gasteiger partial charge on any atom is -0.469 e. The van der Waals surface area contributed by atoms with Gasteiger partial charge >= 0.3 is 5.97 Å². The number of thioether (sulfide) groups is 2. The first-order valence-electron chi connectivity index (χ1n) is 14.0. The van der Waals surface area contributed by atoms with Gasteiger partial charge in [0.2, 0.25) is 28.7 Å². The van der Waals surface area contributed by atoms with Crippen LogP contribution in [0.15, 0.2) is 0 Å². The monoisotopic (exact) mass is 668 g/mol. The normalized spacial score (nSPS) is 13.7. The Morgan fingerprint density at radius 1 is 0.705 bits per heavy atom. The van der Waals surface area contributed by atoms with Crippen LogP contribution in [0.1, 0.15) is 47.0 Å². The van der Waals surface area contributed by atoms with Crippen LogP contribution in [0.5, 0.6) is 0 Å². The molecule has 0 saturated carbocycles. The fourth-order valence-electron chi connectivity index (χ4n) is 3.12. The molecule has 0 saturated heterocycles. The Kier molecular flexibility index (Phi) is 20.1. The lowest BCUT2D eigenvalue weighted by Crippen LogP contribution is -2.46. The summed E-state index contributed by atoms with van der Waals surface area (Å²) in [6.07, 6.45) is -3.15. The van der Waals surface area contributed by atoms with Crippen molar-refractivity contribution in [3.8, 4) is 0 Å². The van der Waals surface area contributed by atoms with Crippen LogP contribution in [0.2, 0.25) is 0 Å². The van der Waals surface area contributed by atoms with Crippen molar-refractivity contribution in [1.82, 2.24) is 21.3 Å². The summed E-state index contributed by atoms with van der Waals surface area (Å²) in [6, 6.07) is 0. The van der Waals surface area contributed by atoms with Crippen molar-refractivity contribution in [2.24, 2.45) is 10.8 Å². The van der Waals surface area contributed by atoms with E-state index in [1.807, 2.05) is 0 Å². The van der Waals surface area contributed by atoms with Gasteiger partial charge in [-0.15, -0.1) is 11.8 Å². The summed E-state index contributed by atoms with van der Waals surface area (Å²) in [5.41, 5.74) is -2.06. The van der Waals surface area contributed by atoms with Gasteiger partial charge in [-0.1, -0.05) is 39.5 Å². The fraction of sp³-hybridized carbons (Fsp3) is 0.778. The molecule has 0 aromatic rings. The van der Waals surface area contributed by atoms with Crippen molar-refractivity contribution in [2.45, 2.75) is 64.4 Å². The summed E-state index contributed by atoms with van der Waals surface area (Å²) in [6.45, 7) is 5.62. The van der Waals surface area contributed by atoms with Gasteiger partial charge in [0.15, 0.2) is 0 Å². The van der Waals surface area contributed by atoms with Gasteiger partial charge < -0.3 is 46.4 Å². The van der Waals surface area contributed by atoms with E-state index in [1.165, 1.54) is 34.8 Å². The topological polar surface area (TPSA) is 241 Å². The quantitative estimate of drug-likeness (QED) is 0.0457. The molecule has 0 bridgehead atoms. The molecule has 8 N–H and O–H groups in total. The van der Waals surface area contributed by atoms with Gasteiger partial charge in [0.25, 0.3) is 0 Å². The van der Waals surface area contributed by atoms with E-state index in [9.17, 15) is 49.2 Å². The second kappa shape index (κ2) is 21.3. The molecule has 0 rings (SSSR count). The standard InChI is InChI=1S/C27H48N4O11S2/c1-26(2,15-32)21(37)23(39)30-8-6-18(34)28-10-12-43-17(14-20(36)42-5)25(41)44-13-11-29-19(35)7-9-31-24(40)22(38)27(3,4)16-33/h17,21-22,32-33,37-38H,6-16H2,1-5H3,(H,28,34)(H,29,35)(H,30,39)(H,31,40). The molecule has 0 radical (unpaired) electrons. The molecule has 0 heterocycles. The lowest BCUT2D eigenvalue weighted by atomic mass is 9.87. The highest BCUT2D eigenvalue weighted by Crippen LogP contribution is 2.22. The maximum atomic E-state index is 12.7. The number of esters is 1. The van der Waals surface area contributed by atoms with Crippen LogP contribution in [-0.4, -0.2) is 131 Å². The minimum absolute atomic E-state index is 0.0201. The number of methoxy groups -OCH3 is 1. The number of hydrogen-bond acceptors (Lipinski definition) is 13. The Hall–Kier alpha value is -2.44. The summed E-state index contributed by atoms with van der Waals surface area (Å²) in [5.74, 6) is -2.19. The maximum absolute atomic E-state index is 12.7. The van der Waals surface area contributed by atoms with Gasteiger partial charge in [-0.25, -0.2) is 0 Å². The number of rotatable bonds is 22. The number of carbonyl (C=O) groups excluding carboxylic acids is 6. The number of aliphatic hydroxyl groups is 4. The second-order valence-corrected chi connectivity index (χ2v) is 13.6. The molecule has 4 amide bonds. The minimum atomic E-state index is -1.43. The molecule has 0 aliphatic heterocycles. The molecule has 0 aliphatic rings. The summed E-state index contributed by atoms with van der Waals surface area (Å²) in [5, 5.41) is 47.5. The molecule has 44 heavy (non-hydrogen) atoms. The van der Waals surface area contributed by atoms with Crippen molar-refractivity contribution in [2.75, 3.05) is 58.0 Å². The van der Waals surface area contributed by atoms with E-state index in [1.54, 1.807) is 0 Å². The van der Waals surface area contributed by atoms with E-state index in [-0.39, 0.29) is 68.1 Å². The molecule has 17 heteroatoms. The van der Waals surface area contributed by atoms with E-state index in [2.05, 4.69) is 26.0 Å². The van der Waals surface area contributed by atoms with Gasteiger partial charge in [0.05, 0.1) is 32.0 Å². The predicted molar refractivity (Wildman–Crippen MR) is 165 cm³/mol. The third-order valence-corrected chi connectivity index (χ3v) is 8.70. The van der Waals surface area contributed by atoms with Crippen LogP contribution in [0, 0.1) is 10.8 Å². The van der Waals surface area contributed by atoms with Gasteiger partial charge in [-0.05, 0) is 0 Å². The maximum Gasteiger partial charge on any atom is 0.307 e. The lowest BCUT2D eigenvalue weighted by molar-refractivity contribution is -0.141. The van der Waals surface area contributed by atoms with Crippen LogP contribution in [0.25, 0.3) is 0 Å². The Bertz CT molecular complexity index is 966. The third kappa shape index (κ3) is 16.6. The first-order chi connectivity index (χ1) is 20.5.